The number of nitrogens with zero attached hydrogens (tertiary/aromatic N) is 1. The highest BCUT2D eigenvalue weighted by atomic mass is 16.3. The minimum absolute atomic E-state index is 0.0527. The Morgan fingerprint density at radius 1 is 1.69 bits per heavy atom. The minimum atomic E-state index is -0.213. The van der Waals surface area contributed by atoms with Crippen molar-refractivity contribution >= 4 is 5.95 Å². The molecule has 0 saturated carbocycles. The molecular formula is C10H16N4O2. The molecule has 2 heterocycles. The highest BCUT2D eigenvalue weighted by molar-refractivity contribution is 5.21. The fourth-order valence-corrected chi connectivity index (χ4v) is 2.23. The third kappa shape index (κ3) is 1.94. The Morgan fingerprint density at radius 2 is 2.44 bits per heavy atom. The summed E-state index contributed by atoms with van der Waals surface area (Å²) in [6.45, 7) is 2.13. The summed E-state index contributed by atoms with van der Waals surface area (Å²) in [5, 5.41) is 12.3. The van der Waals surface area contributed by atoms with E-state index >= 15 is 0 Å². The number of aromatic nitrogens is 2. The maximum Gasteiger partial charge on any atom is 0.257 e. The number of nitrogens with one attached hydrogen (secondary N) is 2. The van der Waals surface area contributed by atoms with Crippen LogP contribution < -0.4 is 16.6 Å². The molecule has 3 unspecified atom stereocenters. The van der Waals surface area contributed by atoms with Crippen molar-refractivity contribution in [2.24, 2.45) is 5.92 Å². The lowest BCUT2D eigenvalue weighted by Crippen LogP contribution is -2.31. The molecule has 5 N–H and O–H groups in total. The van der Waals surface area contributed by atoms with E-state index in [1.165, 1.54) is 6.20 Å². The zero-order valence-electron chi connectivity index (χ0n) is 9.10. The standard InChI is InChI=1S/C10H16N4O2/c1-5-2-6(4-15)13-8(5)7-3-12-10(11)14-9(7)16/h3,5-6,8,13,15H,2,4H2,1H3,(H3,11,12,14,16). The predicted molar refractivity (Wildman–Crippen MR) is 59.8 cm³/mol. The van der Waals surface area contributed by atoms with Gasteiger partial charge in [-0.05, 0) is 12.3 Å². The van der Waals surface area contributed by atoms with E-state index < -0.39 is 0 Å². The average Bonchev–Trinajstić information content (AvgIpc) is 2.60. The first-order valence-corrected chi connectivity index (χ1v) is 5.33. The fraction of sp³-hybridized carbons (Fsp3) is 0.600. The van der Waals surface area contributed by atoms with Crippen LogP contribution in [0.1, 0.15) is 24.9 Å². The first kappa shape index (κ1) is 11.1. The second kappa shape index (κ2) is 4.23. The zero-order valence-corrected chi connectivity index (χ0v) is 9.10. The van der Waals surface area contributed by atoms with Gasteiger partial charge in [0.25, 0.3) is 5.56 Å². The highest BCUT2D eigenvalue weighted by Gasteiger charge is 2.32. The number of hydrogen-bond donors (Lipinski definition) is 4. The van der Waals surface area contributed by atoms with Gasteiger partial charge in [0.2, 0.25) is 0 Å². The molecule has 1 aliphatic rings. The first-order chi connectivity index (χ1) is 7.61. The molecule has 88 valence electrons. The molecule has 0 aromatic carbocycles. The largest absolute Gasteiger partial charge is 0.395 e. The van der Waals surface area contributed by atoms with Crippen molar-refractivity contribution in [3.05, 3.63) is 22.1 Å². The summed E-state index contributed by atoms with van der Waals surface area (Å²) in [5.74, 6) is 0.418. The van der Waals surface area contributed by atoms with Crippen LogP contribution in [0.5, 0.6) is 0 Å². The lowest BCUT2D eigenvalue weighted by Gasteiger charge is -2.15. The number of aliphatic hydroxyl groups excluding tert-OH is 1. The Kier molecular flexibility index (Phi) is 2.93. The molecule has 2 rings (SSSR count). The molecule has 1 fully saturated rings. The van der Waals surface area contributed by atoms with Crippen LogP contribution in [-0.2, 0) is 0 Å². The number of H-pyrrole nitrogens is 1. The molecule has 0 spiro atoms. The van der Waals surface area contributed by atoms with Crippen LogP contribution >= 0.6 is 0 Å². The van der Waals surface area contributed by atoms with E-state index in [9.17, 15) is 4.79 Å². The number of nitrogens with two attached hydrogens (primary N) is 1. The van der Waals surface area contributed by atoms with Gasteiger partial charge in [0.05, 0.1) is 12.2 Å². The number of aliphatic hydroxyl groups is 1. The van der Waals surface area contributed by atoms with E-state index in [2.05, 4.69) is 15.3 Å². The fourth-order valence-electron chi connectivity index (χ4n) is 2.23. The van der Waals surface area contributed by atoms with Crippen LogP contribution in [0, 0.1) is 5.92 Å². The molecule has 0 bridgehead atoms. The molecule has 1 saturated heterocycles. The first-order valence-electron chi connectivity index (χ1n) is 5.33. The summed E-state index contributed by atoms with van der Waals surface area (Å²) in [5.41, 5.74) is 5.76. The van der Waals surface area contributed by atoms with Crippen molar-refractivity contribution in [1.29, 1.82) is 0 Å². The Bertz CT molecular complexity index is 431. The quantitative estimate of drug-likeness (QED) is 0.536. The second-order valence-corrected chi connectivity index (χ2v) is 4.29. The van der Waals surface area contributed by atoms with Gasteiger partial charge in [-0.25, -0.2) is 4.98 Å². The summed E-state index contributed by atoms with van der Waals surface area (Å²) in [6, 6.07) is -0.00838. The topological polar surface area (TPSA) is 104 Å². The van der Waals surface area contributed by atoms with Gasteiger partial charge < -0.3 is 16.2 Å². The van der Waals surface area contributed by atoms with Crippen LogP contribution in [0.15, 0.2) is 11.0 Å². The van der Waals surface area contributed by atoms with E-state index in [4.69, 9.17) is 10.8 Å². The monoisotopic (exact) mass is 224 g/mol. The van der Waals surface area contributed by atoms with E-state index in [0.717, 1.165) is 6.42 Å². The van der Waals surface area contributed by atoms with Crippen LogP contribution in [0.2, 0.25) is 0 Å². The Balaban J connectivity index is 2.28. The van der Waals surface area contributed by atoms with Gasteiger partial charge in [-0.3, -0.25) is 9.78 Å². The lowest BCUT2D eigenvalue weighted by molar-refractivity contribution is 0.251. The van der Waals surface area contributed by atoms with Crippen LogP contribution in [0.4, 0.5) is 5.95 Å². The molecule has 1 aromatic rings. The van der Waals surface area contributed by atoms with Crippen LogP contribution in [0.3, 0.4) is 0 Å². The smallest absolute Gasteiger partial charge is 0.257 e. The van der Waals surface area contributed by atoms with Gasteiger partial charge >= 0.3 is 0 Å². The maximum absolute atomic E-state index is 11.7. The summed E-state index contributed by atoms with van der Waals surface area (Å²) < 4.78 is 0. The van der Waals surface area contributed by atoms with E-state index in [1.54, 1.807) is 0 Å². The van der Waals surface area contributed by atoms with Crippen molar-refractivity contribution in [1.82, 2.24) is 15.3 Å². The third-order valence-electron chi connectivity index (χ3n) is 3.04. The second-order valence-electron chi connectivity index (χ2n) is 4.29. The molecule has 0 amide bonds. The number of rotatable bonds is 2. The van der Waals surface area contributed by atoms with Gasteiger partial charge in [0.15, 0.2) is 5.95 Å². The molecule has 0 aliphatic carbocycles. The van der Waals surface area contributed by atoms with Crippen molar-refractivity contribution in [2.45, 2.75) is 25.4 Å². The van der Waals surface area contributed by atoms with Crippen molar-refractivity contribution < 1.29 is 5.11 Å². The highest BCUT2D eigenvalue weighted by Crippen LogP contribution is 2.30. The third-order valence-corrected chi connectivity index (χ3v) is 3.04. The van der Waals surface area contributed by atoms with E-state index in [1.807, 2.05) is 6.92 Å². The van der Waals surface area contributed by atoms with Crippen LogP contribution in [0.25, 0.3) is 0 Å². The molecule has 1 aromatic heterocycles. The van der Waals surface area contributed by atoms with Gasteiger partial charge in [-0.2, -0.15) is 0 Å². The number of nitrogen functional groups attached to an aromatic ring is 1. The maximum atomic E-state index is 11.7. The summed E-state index contributed by atoms with van der Waals surface area (Å²) in [7, 11) is 0. The number of aromatic amines is 1. The summed E-state index contributed by atoms with van der Waals surface area (Å²) in [4.78, 5) is 18.1. The van der Waals surface area contributed by atoms with Gasteiger partial charge in [0.1, 0.15) is 0 Å². The predicted octanol–water partition coefficient (Wildman–Crippen LogP) is -0.616. The molecule has 1 aliphatic heterocycles. The van der Waals surface area contributed by atoms with Crippen molar-refractivity contribution in [2.75, 3.05) is 12.3 Å². The molecule has 6 nitrogen and oxygen atoms in total. The lowest BCUT2D eigenvalue weighted by atomic mass is 9.97. The molecule has 6 heteroatoms. The number of anilines is 1. The van der Waals surface area contributed by atoms with Crippen LogP contribution in [-0.4, -0.2) is 27.7 Å². The Labute approximate surface area is 92.9 Å². The van der Waals surface area contributed by atoms with Crippen molar-refractivity contribution in [3.63, 3.8) is 0 Å². The number of hydrogen-bond acceptors (Lipinski definition) is 5. The Morgan fingerprint density at radius 3 is 3.00 bits per heavy atom. The normalized spacial score (nSPS) is 29.5. The molecular weight excluding hydrogens is 208 g/mol. The molecule has 16 heavy (non-hydrogen) atoms. The average molecular weight is 224 g/mol. The molecule has 0 radical (unpaired) electrons. The van der Waals surface area contributed by atoms with E-state index in [0.29, 0.717) is 11.5 Å². The Hall–Kier alpha value is -1.40. The van der Waals surface area contributed by atoms with Gasteiger partial charge in [-0.1, -0.05) is 6.92 Å². The van der Waals surface area contributed by atoms with Gasteiger partial charge in [0, 0.05) is 18.3 Å². The zero-order chi connectivity index (χ0) is 11.7. The molecule has 3 atom stereocenters. The SMILES string of the molecule is CC1CC(CO)NC1c1cnc(N)[nH]c1=O. The van der Waals surface area contributed by atoms with Gasteiger partial charge in [-0.15, -0.1) is 0 Å². The summed E-state index contributed by atoms with van der Waals surface area (Å²) in [6.07, 6.45) is 2.35. The minimum Gasteiger partial charge on any atom is -0.395 e. The van der Waals surface area contributed by atoms with E-state index in [-0.39, 0.29) is 30.2 Å². The van der Waals surface area contributed by atoms with Crippen molar-refractivity contribution in [3.8, 4) is 0 Å². The summed E-state index contributed by atoms with van der Waals surface area (Å²) >= 11 is 0.